The Balaban J connectivity index is 3.46. The second-order valence-electron chi connectivity index (χ2n) is 2.87. The molecule has 1 atom stereocenters. The summed E-state index contributed by atoms with van der Waals surface area (Å²) in [5, 5.41) is 8.73. The molecule has 0 aromatic carbocycles. The molecule has 0 fully saturated rings. The van der Waals surface area contributed by atoms with Crippen LogP contribution in [0.1, 0.15) is 20.8 Å². The number of aliphatic hydroxyl groups excluding tert-OH is 1. The highest BCUT2D eigenvalue weighted by atomic mass is 16.6. The smallest absolute Gasteiger partial charge is 0.151 e. The van der Waals surface area contributed by atoms with Crippen LogP contribution in [-0.2, 0) is 9.47 Å². The van der Waals surface area contributed by atoms with Crippen LogP contribution in [0.15, 0.2) is 0 Å². The third kappa shape index (κ3) is 4.73. The van der Waals surface area contributed by atoms with Gasteiger partial charge in [-0.3, -0.25) is 0 Å². The molecule has 0 amide bonds. The molecule has 0 spiro atoms. The van der Waals surface area contributed by atoms with Gasteiger partial charge in [0, 0.05) is 7.11 Å². The Morgan fingerprint density at radius 3 is 2.30 bits per heavy atom. The van der Waals surface area contributed by atoms with Gasteiger partial charge in [0.1, 0.15) is 0 Å². The molecule has 3 nitrogen and oxygen atoms in total. The third-order valence-corrected chi connectivity index (χ3v) is 1.22. The maximum atomic E-state index is 8.73. The molecule has 3 heteroatoms. The lowest BCUT2D eigenvalue weighted by molar-refractivity contribution is -0.138. The van der Waals surface area contributed by atoms with Gasteiger partial charge >= 0.3 is 0 Å². The average molecular weight is 148 g/mol. The average Bonchev–Trinajstić information content (AvgIpc) is 1.85. The van der Waals surface area contributed by atoms with E-state index >= 15 is 0 Å². The van der Waals surface area contributed by atoms with E-state index < -0.39 is 6.29 Å². The number of ether oxygens (including phenoxy) is 2. The van der Waals surface area contributed by atoms with E-state index in [1.807, 2.05) is 13.8 Å². The molecule has 0 aliphatic rings. The molecular weight excluding hydrogens is 132 g/mol. The number of aliphatic hydroxyl groups is 1. The molecule has 0 bridgehead atoms. The van der Waals surface area contributed by atoms with Crippen LogP contribution in [0.4, 0.5) is 0 Å². The molecule has 0 rings (SSSR count). The molecule has 62 valence electrons. The Kier molecular flexibility index (Phi) is 3.86. The summed E-state index contributed by atoms with van der Waals surface area (Å²) in [5.41, 5.74) is -0.309. The monoisotopic (exact) mass is 148 g/mol. The van der Waals surface area contributed by atoms with Crippen molar-refractivity contribution in [3.05, 3.63) is 0 Å². The van der Waals surface area contributed by atoms with Crippen LogP contribution in [0, 0.1) is 0 Å². The topological polar surface area (TPSA) is 38.7 Å². The van der Waals surface area contributed by atoms with Gasteiger partial charge in [0.2, 0.25) is 0 Å². The minimum absolute atomic E-state index is 0.309. The first-order valence-corrected chi connectivity index (χ1v) is 3.33. The second-order valence-corrected chi connectivity index (χ2v) is 2.87. The predicted molar refractivity (Wildman–Crippen MR) is 38.7 cm³/mol. The Morgan fingerprint density at radius 1 is 1.50 bits per heavy atom. The molecule has 0 aliphatic heterocycles. The first kappa shape index (κ1) is 9.88. The van der Waals surface area contributed by atoms with E-state index in [1.54, 1.807) is 14.0 Å². The Labute approximate surface area is 62.0 Å². The number of rotatable bonds is 4. The summed E-state index contributed by atoms with van der Waals surface area (Å²) in [4.78, 5) is 0. The molecule has 1 unspecified atom stereocenters. The standard InChI is InChI=1S/C7H16O3/c1-6(8)10-5-7(2,3)9-4/h6,8H,5H2,1-4H3. The first-order chi connectivity index (χ1) is 4.48. The fraction of sp³-hybridized carbons (Fsp3) is 1.00. The van der Waals surface area contributed by atoms with Gasteiger partial charge in [-0.25, -0.2) is 0 Å². The Bertz CT molecular complexity index is 88.9. The fourth-order valence-electron chi connectivity index (χ4n) is 0.380. The van der Waals surface area contributed by atoms with Gasteiger partial charge in [-0.2, -0.15) is 0 Å². The van der Waals surface area contributed by atoms with Gasteiger partial charge in [-0.05, 0) is 20.8 Å². The first-order valence-electron chi connectivity index (χ1n) is 3.33. The summed E-state index contributed by atoms with van der Waals surface area (Å²) in [6, 6.07) is 0. The van der Waals surface area contributed by atoms with E-state index in [1.165, 1.54) is 0 Å². The predicted octanol–water partition coefficient (Wildman–Crippen LogP) is 0.766. The SMILES string of the molecule is COC(C)(C)COC(C)O. The lowest BCUT2D eigenvalue weighted by Crippen LogP contribution is -2.31. The van der Waals surface area contributed by atoms with Crippen molar-refractivity contribution in [1.82, 2.24) is 0 Å². The molecule has 10 heavy (non-hydrogen) atoms. The number of methoxy groups -OCH3 is 1. The van der Waals surface area contributed by atoms with Crippen LogP contribution in [0.3, 0.4) is 0 Å². The van der Waals surface area contributed by atoms with Crippen molar-refractivity contribution in [2.45, 2.75) is 32.7 Å². The van der Waals surface area contributed by atoms with Crippen LogP contribution in [0.2, 0.25) is 0 Å². The van der Waals surface area contributed by atoms with Gasteiger partial charge in [-0.15, -0.1) is 0 Å². The van der Waals surface area contributed by atoms with E-state index in [2.05, 4.69) is 0 Å². The molecule has 0 aromatic rings. The van der Waals surface area contributed by atoms with Crippen molar-refractivity contribution >= 4 is 0 Å². The van der Waals surface area contributed by atoms with Crippen LogP contribution < -0.4 is 0 Å². The largest absolute Gasteiger partial charge is 0.376 e. The normalized spacial score (nSPS) is 15.3. The minimum Gasteiger partial charge on any atom is -0.376 e. The lowest BCUT2D eigenvalue weighted by Gasteiger charge is -2.23. The maximum Gasteiger partial charge on any atom is 0.151 e. The molecule has 0 saturated heterocycles. The van der Waals surface area contributed by atoms with Gasteiger partial charge in [0.05, 0.1) is 12.2 Å². The fourth-order valence-corrected chi connectivity index (χ4v) is 0.380. The highest BCUT2D eigenvalue weighted by Crippen LogP contribution is 2.07. The highest BCUT2D eigenvalue weighted by molar-refractivity contribution is 4.65. The van der Waals surface area contributed by atoms with E-state index in [4.69, 9.17) is 14.6 Å². The zero-order chi connectivity index (χ0) is 8.20. The van der Waals surface area contributed by atoms with E-state index in [-0.39, 0.29) is 5.60 Å². The number of hydrogen-bond donors (Lipinski definition) is 1. The van der Waals surface area contributed by atoms with Gasteiger partial charge in [0.15, 0.2) is 6.29 Å². The number of hydrogen-bond acceptors (Lipinski definition) is 3. The van der Waals surface area contributed by atoms with Crippen molar-refractivity contribution in [3.63, 3.8) is 0 Å². The second kappa shape index (κ2) is 3.91. The molecular formula is C7H16O3. The summed E-state index contributed by atoms with van der Waals surface area (Å²) < 4.78 is 9.98. The lowest BCUT2D eigenvalue weighted by atomic mass is 10.1. The summed E-state index contributed by atoms with van der Waals surface area (Å²) in [6.45, 7) is 5.78. The van der Waals surface area contributed by atoms with Crippen LogP contribution in [-0.4, -0.2) is 30.7 Å². The van der Waals surface area contributed by atoms with Gasteiger partial charge < -0.3 is 14.6 Å². The van der Waals surface area contributed by atoms with Gasteiger partial charge in [0.25, 0.3) is 0 Å². The highest BCUT2D eigenvalue weighted by Gasteiger charge is 2.16. The zero-order valence-corrected chi connectivity index (χ0v) is 7.05. The van der Waals surface area contributed by atoms with E-state index in [0.717, 1.165) is 0 Å². The van der Waals surface area contributed by atoms with E-state index in [9.17, 15) is 0 Å². The summed E-state index contributed by atoms with van der Waals surface area (Å²) in [7, 11) is 1.62. The summed E-state index contributed by atoms with van der Waals surface area (Å²) in [6.07, 6.45) is -0.713. The molecule has 1 N–H and O–H groups in total. The summed E-state index contributed by atoms with van der Waals surface area (Å²) in [5.74, 6) is 0. The van der Waals surface area contributed by atoms with Gasteiger partial charge in [-0.1, -0.05) is 0 Å². The zero-order valence-electron chi connectivity index (χ0n) is 7.05. The van der Waals surface area contributed by atoms with Crippen LogP contribution >= 0.6 is 0 Å². The van der Waals surface area contributed by atoms with Crippen molar-refractivity contribution in [1.29, 1.82) is 0 Å². The maximum absolute atomic E-state index is 8.73. The van der Waals surface area contributed by atoms with Crippen molar-refractivity contribution in [2.24, 2.45) is 0 Å². The summed E-state index contributed by atoms with van der Waals surface area (Å²) >= 11 is 0. The Hall–Kier alpha value is -0.120. The molecule has 0 aliphatic carbocycles. The van der Waals surface area contributed by atoms with Crippen LogP contribution in [0.25, 0.3) is 0 Å². The van der Waals surface area contributed by atoms with Crippen LogP contribution in [0.5, 0.6) is 0 Å². The molecule has 0 aromatic heterocycles. The van der Waals surface area contributed by atoms with Crippen molar-refractivity contribution in [3.8, 4) is 0 Å². The van der Waals surface area contributed by atoms with E-state index in [0.29, 0.717) is 6.61 Å². The quantitative estimate of drug-likeness (QED) is 0.598. The minimum atomic E-state index is -0.713. The Morgan fingerprint density at radius 2 is 2.00 bits per heavy atom. The molecule has 0 heterocycles. The van der Waals surface area contributed by atoms with Crippen molar-refractivity contribution in [2.75, 3.05) is 13.7 Å². The molecule has 0 radical (unpaired) electrons. The van der Waals surface area contributed by atoms with Crippen molar-refractivity contribution < 1.29 is 14.6 Å². The third-order valence-electron chi connectivity index (χ3n) is 1.22. The molecule has 0 saturated carbocycles.